The van der Waals surface area contributed by atoms with Crippen LogP contribution < -0.4 is 5.56 Å². The maximum Gasteiger partial charge on any atom is 0.267 e. The fourth-order valence-electron chi connectivity index (χ4n) is 0.785. The molecule has 4 heteroatoms. The van der Waals surface area contributed by atoms with Crippen LogP contribution in [-0.4, -0.2) is 15.6 Å². The predicted octanol–water partition coefficient (Wildman–Crippen LogP) is 0.222. The first-order chi connectivity index (χ1) is 5.74. The van der Waals surface area contributed by atoms with E-state index in [0.717, 1.165) is 4.68 Å². The van der Waals surface area contributed by atoms with Crippen LogP contribution in [0.25, 0.3) is 0 Å². The number of rotatable bonds is 3. The lowest BCUT2D eigenvalue weighted by Gasteiger charge is -1.99. The Morgan fingerprint density at radius 3 is 3.00 bits per heavy atom. The minimum Gasteiger partial charge on any atom is -0.298 e. The van der Waals surface area contributed by atoms with E-state index in [1.165, 1.54) is 12.3 Å². The van der Waals surface area contributed by atoms with Gasteiger partial charge in [-0.05, 0) is 6.07 Å². The number of ketones is 1. The molecule has 0 bridgehead atoms. The molecule has 0 N–H and O–H groups in total. The van der Waals surface area contributed by atoms with Crippen LogP contribution in [0, 0.1) is 0 Å². The van der Waals surface area contributed by atoms with Gasteiger partial charge in [-0.25, -0.2) is 4.68 Å². The van der Waals surface area contributed by atoms with E-state index in [1.54, 1.807) is 13.0 Å². The third kappa shape index (κ3) is 2.02. The van der Waals surface area contributed by atoms with Crippen LogP contribution in [-0.2, 0) is 11.3 Å². The van der Waals surface area contributed by atoms with Crippen LogP contribution in [0.1, 0.15) is 13.3 Å². The van der Waals surface area contributed by atoms with Gasteiger partial charge >= 0.3 is 0 Å². The molecule has 0 atom stereocenters. The number of aromatic nitrogens is 2. The zero-order valence-corrected chi connectivity index (χ0v) is 6.86. The standard InChI is InChI=1S/C8H10N2O2/c1-2-7(11)6-10-8(12)4-3-5-9-10/h3-5H,2,6H2,1H3. The van der Waals surface area contributed by atoms with Crippen molar-refractivity contribution in [3.63, 3.8) is 0 Å². The molecule has 0 unspecified atom stereocenters. The normalized spacial score (nSPS) is 9.75. The highest BCUT2D eigenvalue weighted by atomic mass is 16.1. The van der Waals surface area contributed by atoms with Crippen molar-refractivity contribution in [1.82, 2.24) is 9.78 Å². The Kier molecular flexibility index (Phi) is 2.74. The molecule has 1 aromatic rings. The smallest absolute Gasteiger partial charge is 0.267 e. The van der Waals surface area contributed by atoms with Gasteiger partial charge in [-0.2, -0.15) is 5.10 Å². The van der Waals surface area contributed by atoms with Crippen molar-refractivity contribution in [3.05, 3.63) is 28.7 Å². The van der Waals surface area contributed by atoms with E-state index >= 15 is 0 Å². The second kappa shape index (κ2) is 3.80. The van der Waals surface area contributed by atoms with Gasteiger partial charge in [0.2, 0.25) is 0 Å². The van der Waals surface area contributed by atoms with E-state index in [-0.39, 0.29) is 17.9 Å². The fraction of sp³-hybridized carbons (Fsp3) is 0.375. The Hall–Kier alpha value is -1.45. The van der Waals surface area contributed by atoms with Crippen LogP contribution in [0.4, 0.5) is 0 Å². The van der Waals surface area contributed by atoms with E-state index in [2.05, 4.69) is 5.10 Å². The third-order valence-corrected chi connectivity index (χ3v) is 1.51. The molecule has 1 aromatic heterocycles. The Morgan fingerprint density at radius 1 is 1.67 bits per heavy atom. The first kappa shape index (κ1) is 8.64. The number of carbonyl (C=O) groups is 1. The molecule has 64 valence electrons. The van der Waals surface area contributed by atoms with E-state index < -0.39 is 0 Å². The molecule has 0 amide bonds. The number of hydrogen-bond acceptors (Lipinski definition) is 3. The Morgan fingerprint density at radius 2 is 2.42 bits per heavy atom. The molecule has 0 aliphatic rings. The van der Waals surface area contributed by atoms with Gasteiger partial charge in [0.1, 0.15) is 6.54 Å². The molecule has 0 spiro atoms. The number of Topliss-reactive ketones (excluding diaryl/α,β-unsaturated/α-hetero) is 1. The van der Waals surface area contributed by atoms with E-state index in [9.17, 15) is 9.59 Å². The monoisotopic (exact) mass is 166 g/mol. The summed E-state index contributed by atoms with van der Waals surface area (Å²) in [6.45, 7) is 1.84. The molecule has 0 saturated carbocycles. The average molecular weight is 166 g/mol. The fourth-order valence-corrected chi connectivity index (χ4v) is 0.785. The summed E-state index contributed by atoms with van der Waals surface area (Å²) in [6.07, 6.45) is 1.92. The molecule has 0 fully saturated rings. The van der Waals surface area contributed by atoms with Crippen molar-refractivity contribution in [2.24, 2.45) is 0 Å². The lowest BCUT2D eigenvalue weighted by atomic mass is 10.3. The number of carbonyl (C=O) groups excluding carboxylic acids is 1. The molecule has 1 rings (SSSR count). The summed E-state index contributed by atoms with van der Waals surface area (Å²) in [4.78, 5) is 22.0. The van der Waals surface area contributed by atoms with Gasteiger partial charge in [-0.15, -0.1) is 0 Å². The second-order valence-electron chi connectivity index (χ2n) is 2.41. The summed E-state index contributed by atoms with van der Waals surface area (Å²) < 4.78 is 1.16. The average Bonchev–Trinajstić information content (AvgIpc) is 2.09. The van der Waals surface area contributed by atoms with Crippen molar-refractivity contribution in [2.75, 3.05) is 0 Å². The van der Waals surface area contributed by atoms with Gasteiger partial charge in [0.15, 0.2) is 5.78 Å². The van der Waals surface area contributed by atoms with Gasteiger partial charge in [0.25, 0.3) is 5.56 Å². The molecule has 0 saturated heterocycles. The third-order valence-electron chi connectivity index (χ3n) is 1.51. The van der Waals surface area contributed by atoms with E-state index in [1.807, 2.05) is 0 Å². The van der Waals surface area contributed by atoms with Crippen molar-refractivity contribution in [2.45, 2.75) is 19.9 Å². The van der Waals surface area contributed by atoms with Gasteiger partial charge in [-0.3, -0.25) is 9.59 Å². The van der Waals surface area contributed by atoms with Crippen molar-refractivity contribution < 1.29 is 4.79 Å². The Labute approximate surface area is 69.8 Å². The lowest BCUT2D eigenvalue weighted by Crippen LogP contribution is -2.24. The topological polar surface area (TPSA) is 52.0 Å². The Balaban J connectivity index is 2.83. The summed E-state index contributed by atoms with van der Waals surface area (Å²) in [5, 5.41) is 3.75. The zero-order chi connectivity index (χ0) is 8.97. The molecule has 0 radical (unpaired) electrons. The van der Waals surface area contributed by atoms with Crippen LogP contribution >= 0.6 is 0 Å². The molecule has 0 aliphatic carbocycles. The van der Waals surface area contributed by atoms with Crippen LogP contribution in [0.3, 0.4) is 0 Å². The minimum absolute atomic E-state index is 0.0100. The van der Waals surface area contributed by atoms with Crippen LogP contribution in [0.5, 0.6) is 0 Å². The molecule has 1 heterocycles. The van der Waals surface area contributed by atoms with Crippen LogP contribution in [0.15, 0.2) is 23.1 Å². The van der Waals surface area contributed by atoms with Crippen molar-refractivity contribution in [1.29, 1.82) is 0 Å². The molecule has 0 aliphatic heterocycles. The summed E-state index contributed by atoms with van der Waals surface area (Å²) in [7, 11) is 0. The summed E-state index contributed by atoms with van der Waals surface area (Å²) in [5.41, 5.74) is -0.237. The molecule has 12 heavy (non-hydrogen) atoms. The number of hydrogen-bond donors (Lipinski definition) is 0. The van der Waals surface area contributed by atoms with Crippen molar-refractivity contribution in [3.8, 4) is 0 Å². The summed E-state index contributed by atoms with van der Waals surface area (Å²) >= 11 is 0. The first-order valence-electron chi connectivity index (χ1n) is 3.78. The molecule has 0 aromatic carbocycles. The van der Waals surface area contributed by atoms with E-state index in [0.29, 0.717) is 6.42 Å². The zero-order valence-electron chi connectivity index (χ0n) is 6.86. The Bertz CT molecular complexity index is 330. The highest BCUT2D eigenvalue weighted by Crippen LogP contribution is 1.83. The number of nitrogens with zero attached hydrogens (tertiary/aromatic N) is 2. The van der Waals surface area contributed by atoms with Gasteiger partial charge in [0, 0.05) is 18.7 Å². The minimum atomic E-state index is -0.237. The predicted molar refractivity (Wildman–Crippen MR) is 43.8 cm³/mol. The van der Waals surface area contributed by atoms with Crippen molar-refractivity contribution >= 4 is 5.78 Å². The van der Waals surface area contributed by atoms with Gasteiger partial charge < -0.3 is 0 Å². The van der Waals surface area contributed by atoms with Gasteiger partial charge in [0.05, 0.1) is 0 Å². The summed E-state index contributed by atoms with van der Waals surface area (Å²) in [6, 6.07) is 2.94. The molecule has 4 nitrogen and oxygen atoms in total. The second-order valence-corrected chi connectivity index (χ2v) is 2.41. The lowest BCUT2D eigenvalue weighted by molar-refractivity contribution is -0.119. The largest absolute Gasteiger partial charge is 0.298 e. The molecular formula is C8H10N2O2. The SMILES string of the molecule is CCC(=O)Cn1ncccc1=O. The molecular weight excluding hydrogens is 156 g/mol. The summed E-state index contributed by atoms with van der Waals surface area (Å²) in [5.74, 6) is 0.0100. The highest BCUT2D eigenvalue weighted by molar-refractivity contribution is 5.77. The maximum absolute atomic E-state index is 11.0. The van der Waals surface area contributed by atoms with Crippen LogP contribution in [0.2, 0.25) is 0 Å². The highest BCUT2D eigenvalue weighted by Gasteiger charge is 2.00. The van der Waals surface area contributed by atoms with Gasteiger partial charge in [-0.1, -0.05) is 6.92 Å². The quantitative estimate of drug-likeness (QED) is 0.645. The first-order valence-corrected chi connectivity index (χ1v) is 3.78. The maximum atomic E-state index is 11.0. The van der Waals surface area contributed by atoms with E-state index in [4.69, 9.17) is 0 Å².